The molecule has 0 saturated carbocycles. The molecular weight excluding hydrogens is 496 g/mol. The van der Waals surface area contributed by atoms with Crippen LogP contribution in [0.25, 0.3) is 21.1 Å². The van der Waals surface area contributed by atoms with Gasteiger partial charge in [0.25, 0.3) is 5.56 Å². The van der Waals surface area contributed by atoms with Crippen molar-refractivity contribution in [2.45, 2.75) is 46.2 Å². The van der Waals surface area contributed by atoms with Gasteiger partial charge in [-0.1, -0.05) is 35.6 Å². The lowest BCUT2D eigenvalue weighted by Gasteiger charge is -2.39. The van der Waals surface area contributed by atoms with Crippen LogP contribution in [0.2, 0.25) is 0 Å². The lowest BCUT2D eigenvalue weighted by atomic mass is 9.98. The molecule has 0 bridgehead atoms. The maximum Gasteiger partial charge on any atom is 0.253 e. The summed E-state index contributed by atoms with van der Waals surface area (Å²) in [6.45, 7) is 13.4. The third-order valence-corrected chi connectivity index (χ3v) is 8.47. The Labute approximate surface area is 225 Å². The Morgan fingerprint density at radius 3 is 2.47 bits per heavy atom. The van der Waals surface area contributed by atoms with Crippen molar-refractivity contribution >= 4 is 37.6 Å². The molecule has 0 unspecified atom stereocenters. The second kappa shape index (κ2) is 9.28. The van der Waals surface area contributed by atoms with Gasteiger partial charge in [-0.3, -0.25) is 9.69 Å². The molecule has 1 saturated heterocycles. The summed E-state index contributed by atoms with van der Waals surface area (Å²) in [5, 5.41) is 15.0. The molecule has 38 heavy (non-hydrogen) atoms. The van der Waals surface area contributed by atoms with Crippen molar-refractivity contribution < 1.29 is 0 Å². The highest BCUT2D eigenvalue weighted by Crippen LogP contribution is 2.33. The van der Waals surface area contributed by atoms with Crippen LogP contribution < -0.4 is 10.5 Å². The molecular formula is C28H32N8OS. The largest absolute Gasteiger partial charge is 0.345 e. The van der Waals surface area contributed by atoms with Crippen LogP contribution in [0.4, 0.5) is 5.13 Å². The Morgan fingerprint density at radius 2 is 1.74 bits per heavy atom. The summed E-state index contributed by atoms with van der Waals surface area (Å²) in [7, 11) is 0. The van der Waals surface area contributed by atoms with Crippen LogP contribution in [0.15, 0.2) is 47.3 Å². The highest BCUT2D eigenvalue weighted by atomic mass is 32.1. The van der Waals surface area contributed by atoms with E-state index in [1.54, 1.807) is 11.3 Å². The summed E-state index contributed by atoms with van der Waals surface area (Å²) in [5.41, 5.74) is 4.32. The van der Waals surface area contributed by atoms with Gasteiger partial charge in [0.05, 0.1) is 21.3 Å². The van der Waals surface area contributed by atoms with Crippen LogP contribution in [0.5, 0.6) is 0 Å². The Kier molecular flexibility index (Phi) is 6.03. The summed E-state index contributed by atoms with van der Waals surface area (Å²) in [4.78, 5) is 26.4. The first-order valence-electron chi connectivity index (χ1n) is 13.0. The van der Waals surface area contributed by atoms with Crippen molar-refractivity contribution in [3.63, 3.8) is 0 Å². The number of rotatable bonds is 4. The SMILES string of the molecule is Cc1ccc(C)c2[nH]c(=O)c([C@@H](c3nnnn3C(C)(C)C)N3CCN(c4nc5ccccc5s4)CC3)cc12. The van der Waals surface area contributed by atoms with E-state index < -0.39 is 0 Å². The van der Waals surface area contributed by atoms with E-state index in [-0.39, 0.29) is 17.1 Å². The van der Waals surface area contributed by atoms with Crippen molar-refractivity contribution in [3.8, 4) is 0 Å². The number of para-hydroxylation sites is 1. The zero-order valence-electron chi connectivity index (χ0n) is 22.4. The Hall–Kier alpha value is -3.63. The van der Waals surface area contributed by atoms with Gasteiger partial charge in [0, 0.05) is 37.1 Å². The van der Waals surface area contributed by atoms with Gasteiger partial charge < -0.3 is 9.88 Å². The molecule has 0 spiro atoms. The van der Waals surface area contributed by atoms with Gasteiger partial charge in [-0.05, 0) is 74.4 Å². The molecule has 6 rings (SSSR count). The van der Waals surface area contributed by atoms with Crippen LogP contribution in [0.3, 0.4) is 0 Å². The van der Waals surface area contributed by atoms with Crippen LogP contribution in [-0.4, -0.2) is 61.3 Å². The van der Waals surface area contributed by atoms with E-state index in [9.17, 15) is 4.79 Å². The first kappa shape index (κ1) is 24.7. The molecule has 0 aliphatic carbocycles. The predicted octanol–water partition coefficient (Wildman–Crippen LogP) is 4.41. The number of nitrogens with one attached hydrogen (secondary N) is 1. The van der Waals surface area contributed by atoms with E-state index in [0.29, 0.717) is 11.4 Å². The number of hydrogen-bond acceptors (Lipinski definition) is 8. The van der Waals surface area contributed by atoms with Crippen LogP contribution in [0.1, 0.15) is 49.3 Å². The zero-order chi connectivity index (χ0) is 26.6. The van der Waals surface area contributed by atoms with Crippen LogP contribution in [0, 0.1) is 13.8 Å². The van der Waals surface area contributed by atoms with Gasteiger partial charge in [0.2, 0.25) is 0 Å². The number of tetrazole rings is 1. The first-order chi connectivity index (χ1) is 18.2. The number of benzene rings is 2. The fourth-order valence-electron chi connectivity index (χ4n) is 5.30. The van der Waals surface area contributed by atoms with E-state index in [2.05, 4.69) is 82.3 Å². The average molecular weight is 529 g/mol. The smallest absolute Gasteiger partial charge is 0.253 e. The van der Waals surface area contributed by atoms with Gasteiger partial charge in [0.1, 0.15) is 6.04 Å². The van der Waals surface area contributed by atoms with E-state index in [4.69, 9.17) is 4.98 Å². The summed E-state index contributed by atoms with van der Waals surface area (Å²) < 4.78 is 3.05. The van der Waals surface area contributed by atoms with Gasteiger partial charge in [0.15, 0.2) is 11.0 Å². The minimum atomic E-state index is -0.380. The molecule has 1 aliphatic heterocycles. The lowest BCUT2D eigenvalue weighted by molar-refractivity contribution is 0.190. The number of aryl methyl sites for hydroxylation is 2. The second-order valence-corrected chi connectivity index (χ2v) is 12.1. The number of aromatic nitrogens is 6. The Balaban J connectivity index is 1.40. The Bertz CT molecular complexity index is 1650. The molecule has 0 amide bonds. The van der Waals surface area contributed by atoms with Crippen LogP contribution in [-0.2, 0) is 5.54 Å². The minimum Gasteiger partial charge on any atom is -0.345 e. The van der Waals surface area contributed by atoms with E-state index in [0.717, 1.165) is 58.9 Å². The van der Waals surface area contributed by atoms with Gasteiger partial charge in [-0.25, -0.2) is 9.67 Å². The number of aromatic amines is 1. The lowest BCUT2D eigenvalue weighted by Crippen LogP contribution is -2.49. The van der Waals surface area contributed by atoms with E-state index >= 15 is 0 Å². The molecule has 1 atom stereocenters. The number of hydrogen-bond donors (Lipinski definition) is 1. The van der Waals surface area contributed by atoms with Crippen molar-refractivity contribution in [3.05, 3.63) is 75.3 Å². The summed E-state index contributed by atoms with van der Waals surface area (Å²) in [6.07, 6.45) is 0. The third kappa shape index (κ3) is 4.27. The highest BCUT2D eigenvalue weighted by Gasteiger charge is 2.35. The topological polar surface area (TPSA) is 95.8 Å². The average Bonchev–Trinajstić information content (AvgIpc) is 3.55. The molecule has 3 aromatic heterocycles. The van der Waals surface area contributed by atoms with E-state index in [1.165, 1.54) is 4.70 Å². The maximum absolute atomic E-state index is 13.6. The quantitative estimate of drug-likeness (QED) is 0.369. The third-order valence-electron chi connectivity index (χ3n) is 7.37. The number of H-pyrrole nitrogens is 1. The molecule has 1 aliphatic rings. The molecule has 1 fully saturated rings. The predicted molar refractivity (Wildman–Crippen MR) is 152 cm³/mol. The zero-order valence-corrected chi connectivity index (χ0v) is 23.2. The number of nitrogens with zero attached hydrogens (tertiary/aromatic N) is 7. The fraction of sp³-hybridized carbons (Fsp3) is 0.393. The molecule has 5 aromatic rings. The van der Waals surface area contributed by atoms with Gasteiger partial charge in [-0.2, -0.15) is 0 Å². The summed E-state index contributed by atoms with van der Waals surface area (Å²) in [6, 6.07) is 14.1. The maximum atomic E-state index is 13.6. The molecule has 196 valence electrons. The summed E-state index contributed by atoms with van der Waals surface area (Å²) in [5.74, 6) is 0.682. The monoisotopic (exact) mass is 528 g/mol. The van der Waals surface area contributed by atoms with E-state index in [1.807, 2.05) is 29.8 Å². The minimum absolute atomic E-state index is 0.103. The molecule has 0 radical (unpaired) electrons. The number of anilines is 1. The summed E-state index contributed by atoms with van der Waals surface area (Å²) >= 11 is 1.72. The number of piperazine rings is 1. The molecule has 2 aromatic carbocycles. The van der Waals surface area contributed by atoms with Crippen molar-refractivity contribution in [1.29, 1.82) is 0 Å². The highest BCUT2D eigenvalue weighted by molar-refractivity contribution is 7.22. The van der Waals surface area contributed by atoms with Crippen molar-refractivity contribution in [2.24, 2.45) is 0 Å². The van der Waals surface area contributed by atoms with Crippen LogP contribution >= 0.6 is 11.3 Å². The Morgan fingerprint density at radius 1 is 1.00 bits per heavy atom. The van der Waals surface area contributed by atoms with Gasteiger partial charge in [-0.15, -0.1) is 5.10 Å². The second-order valence-electron chi connectivity index (χ2n) is 11.1. The fourth-order valence-corrected chi connectivity index (χ4v) is 6.32. The normalized spacial score (nSPS) is 16.0. The standard InChI is InChI=1S/C28H32N8OS/c1-17-10-11-18(2)23-19(17)16-20(26(37)30-23)24(25-31-32-33-36(25)28(3,4)5)34-12-14-35(15-13-34)27-29-21-8-6-7-9-22(21)38-27/h6-11,16,24H,12-15H2,1-5H3,(H,30,37)/t24-/m0/s1. The molecule has 10 heteroatoms. The molecule has 4 heterocycles. The van der Waals surface area contributed by atoms with Crippen molar-refractivity contribution in [1.82, 2.24) is 35.1 Å². The molecule has 9 nitrogen and oxygen atoms in total. The number of thiazole rings is 1. The number of pyridine rings is 1. The number of fused-ring (bicyclic) bond motifs is 2. The first-order valence-corrected chi connectivity index (χ1v) is 13.8. The van der Waals surface area contributed by atoms with Crippen molar-refractivity contribution in [2.75, 3.05) is 31.1 Å². The molecule has 1 N–H and O–H groups in total. The van der Waals surface area contributed by atoms with Gasteiger partial charge >= 0.3 is 0 Å².